The molecule has 1 aliphatic rings. The summed E-state index contributed by atoms with van der Waals surface area (Å²) < 4.78 is 0. The lowest BCUT2D eigenvalue weighted by Crippen LogP contribution is -2.09. The van der Waals surface area contributed by atoms with Crippen LogP contribution in [-0.4, -0.2) is 6.34 Å². The van der Waals surface area contributed by atoms with Crippen molar-refractivity contribution >= 4 is 17.7 Å². The van der Waals surface area contributed by atoms with Gasteiger partial charge in [0.25, 0.3) is 0 Å². The molecule has 1 aromatic rings. The average Bonchev–Trinajstić information content (AvgIpc) is 2.43. The molecule has 14 heavy (non-hydrogen) atoms. The summed E-state index contributed by atoms with van der Waals surface area (Å²) in [6, 6.07) is 0.209. The number of nitrogens with one attached hydrogen (secondary N) is 1. The lowest BCUT2D eigenvalue weighted by atomic mass is 10.0. The van der Waals surface area contributed by atoms with Gasteiger partial charge in [0.2, 0.25) is 0 Å². The van der Waals surface area contributed by atoms with E-state index in [-0.39, 0.29) is 6.04 Å². The minimum Gasteiger partial charge on any atom is -0.353 e. The van der Waals surface area contributed by atoms with Crippen LogP contribution in [0.2, 0.25) is 0 Å². The molecule has 0 spiro atoms. The third-order valence-electron chi connectivity index (χ3n) is 2.60. The predicted octanol–water partition coefficient (Wildman–Crippen LogP) is 2.86. The molecule has 0 saturated carbocycles. The smallest absolute Gasteiger partial charge is 0.0977 e. The van der Waals surface area contributed by atoms with Gasteiger partial charge >= 0.3 is 0 Å². The Bertz CT molecular complexity index is 390. The molecule has 0 aromatic carbocycles. The second-order valence-electron chi connectivity index (χ2n) is 3.50. The maximum Gasteiger partial charge on any atom is 0.0977 e. The van der Waals surface area contributed by atoms with E-state index in [1.54, 1.807) is 6.34 Å². The van der Waals surface area contributed by atoms with Gasteiger partial charge in [0.1, 0.15) is 0 Å². The summed E-state index contributed by atoms with van der Waals surface area (Å²) in [5.41, 5.74) is 2.77. The van der Waals surface area contributed by atoms with Crippen molar-refractivity contribution in [2.24, 2.45) is 4.99 Å². The highest BCUT2D eigenvalue weighted by Gasteiger charge is 2.16. The number of hydrogen-bond donors (Lipinski definition) is 1. The van der Waals surface area contributed by atoms with E-state index in [0.29, 0.717) is 0 Å². The fourth-order valence-electron chi connectivity index (χ4n) is 1.78. The van der Waals surface area contributed by atoms with Crippen molar-refractivity contribution in [2.75, 3.05) is 0 Å². The predicted molar refractivity (Wildman–Crippen MR) is 62.0 cm³/mol. The fraction of sp³-hybridized carbons (Fsp3) is 0.364. The lowest BCUT2D eigenvalue weighted by Gasteiger charge is -2.12. The first-order chi connectivity index (χ1) is 6.70. The summed E-state index contributed by atoms with van der Waals surface area (Å²) in [6.07, 6.45) is 5.81. The Hall–Kier alpha value is -1.09. The van der Waals surface area contributed by atoms with Crippen LogP contribution in [0.5, 0.6) is 0 Å². The summed E-state index contributed by atoms with van der Waals surface area (Å²) >= 11 is 1.86. The standard InChI is InChI=1S/C11H14N2S/c1-7-8(2)14-9(3)11(7)10-4-5-12-6-13-10/h4-6,10H,1-3H3,(H,12,13). The average molecular weight is 206 g/mol. The fourth-order valence-corrected chi connectivity index (χ4v) is 2.88. The minimum atomic E-state index is 0.209. The summed E-state index contributed by atoms with van der Waals surface area (Å²) in [5.74, 6) is 0. The van der Waals surface area contributed by atoms with Crippen LogP contribution in [-0.2, 0) is 0 Å². The Kier molecular flexibility index (Phi) is 2.42. The van der Waals surface area contributed by atoms with Crippen molar-refractivity contribution in [2.45, 2.75) is 26.8 Å². The normalized spacial score (nSPS) is 19.8. The third kappa shape index (κ3) is 1.48. The van der Waals surface area contributed by atoms with Gasteiger partial charge in [0, 0.05) is 16.0 Å². The Morgan fingerprint density at radius 2 is 2.07 bits per heavy atom. The molecule has 0 aliphatic carbocycles. The van der Waals surface area contributed by atoms with Crippen LogP contribution in [0.25, 0.3) is 0 Å². The summed E-state index contributed by atoms with van der Waals surface area (Å²) in [4.78, 5) is 7.20. The summed E-state index contributed by atoms with van der Waals surface area (Å²) in [6.45, 7) is 6.52. The molecule has 1 unspecified atom stereocenters. The first-order valence-corrected chi connectivity index (χ1v) is 5.52. The van der Waals surface area contributed by atoms with Crippen molar-refractivity contribution in [3.63, 3.8) is 0 Å². The topological polar surface area (TPSA) is 24.4 Å². The van der Waals surface area contributed by atoms with Gasteiger partial charge in [-0.05, 0) is 38.0 Å². The van der Waals surface area contributed by atoms with Crippen LogP contribution >= 0.6 is 11.3 Å². The van der Waals surface area contributed by atoms with Crippen LogP contribution in [0.15, 0.2) is 17.3 Å². The second-order valence-corrected chi connectivity index (χ2v) is 4.93. The molecular weight excluding hydrogens is 192 g/mol. The largest absolute Gasteiger partial charge is 0.353 e. The quantitative estimate of drug-likeness (QED) is 0.750. The van der Waals surface area contributed by atoms with Crippen LogP contribution in [0, 0.1) is 20.8 Å². The molecule has 0 saturated heterocycles. The van der Waals surface area contributed by atoms with E-state index in [0.717, 1.165) is 0 Å². The summed E-state index contributed by atoms with van der Waals surface area (Å²) in [5, 5.41) is 2.96. The molecule has 0 fully saturated rings. The lowest BCUT2D eigenvalue weighted by molar-refractivity contribution is 0.872. The van der Waals surface area contributed by atoms with E-state index in [1.807, 2.05) is 17.5 Å². The van der Waals surface area contributed by atoms with Gasteiger partial charge in [-0.1, -0.05) is 0 Å². The van der Waals surface area contributed by atoms with Gasteiger partial charge in [0.05, 0.1) is 12.4 Å². The molecular formula is C11H14N2S. The van der Waals surface area contributed by atoms with Crippen LogP contribution in [0.4, 0.5) is 0 Å². The van der Waals surface area contributed by atoms with Crippen molar-refractivity contribution in [1.82, 2.24) is 5.32 Å². The Balaban J connectivity index is 2.44. The van der Waals surface area contributed by atoms with Gasteiger partial charge in [-0.15, -0.1) is 11.3 Å². The maximum atomic E-state index is 4.42. The van der Waals surface area contributed by atoms with Crippen molar-refractivity contribution < 1.29 is 0 Å². The van der Waals surface area contributed by atoms with Crippen LogP contribution in [0.3, 0.4) is 0 Å². The van der Waals surface area contributed by atoms with E-state index < -0.39 is 0 Å². The molecule has 2 heterocycles. The van der Waals surface area contributed by atoms with Crippen molar-refractivity contribution in [3.8, 4) is 0 Å². The zero-order valence-electron chi connectivity index (χ0n) is 8.66. The number of nitrogens with zero attached hydrogens (tertiary/aromatic N) is 1. The van der Waals surface area contributed by atoms with Gasteiger partial charge in [-0.3, -0.25) is 4.99 Å². The highest BCUT2D eigenvalue weighted by molar-refractivity contribution is 7.12. The van der Waals surface area contributed by atoms with Crippen molar-refractivity contribution in [1.29, 1.82) is 0 Å². The zero-order valence-corrected chi connectivity index (χ0v) is 9.48. The molecule has 0 radical (unpaired) electrons. The Morgan fingerprint density at radius 1 is 1.29 bits per heavy atom. The number of aryl methyl sites for hydroxylation is 2. The molecule has 0 bridgehead atoms. The highest BCUT2D eigenvalue weighted by Crippen LogP contribution is 2.34. The third-order valence-corrected chi connectivity index (χ3v) is 3.74. The molecule has 2 nitrogen and oxygen atoms in total. The van der Waals surface area contributed by atoms with E-state index in [4.69, 9.17) is 0 Å². The number of hydrogen-bond acceptors (Lipinski definition) is 3. The van der Waals surface area contributed by atoms with E-state index >= 15 is 0 Å². The van der Waals surface area contributed by atoms with Gasteiger partial charge < -0.3 is 5.32 Å². The van der Waals surface area contributed by atoms with Crippen LogP contribution < -0.4 is 5.32 Å². The Labute approximate surface area is 88.4 Å². The monoisotopic (exact) mass is 206 g/mol. The van der Waals surface area contributed by atoms with E-state index in [9.17, 15) is 0 Å². The number of rotatable bonds is 1. The molecule has 1 aromatic heterocycles. The SMILES string of the molecule is Cc1sc(C)c(C2C=CNC=N2)c1C. The first-order valence-electron chi connectivity index (χ1n) is 4.71. The molecule has 1 aliphatic heterocycles. The zero-order chi connectivity index (χ0) is 10.1. The van der Waals surface area contributed by atoms with Gasteiger partial charge in [0.15, 0.2) is 0 Å². The second kappa shape index (κ2) is 3.58. The number of thiophene rings is 1. The van der Waals surface area contributed by atoms with E-state index in [2.05, 4.69) is 37.2 Å². The van der Waals surface area contributed by atoms with Crippen molar-refractivity contribution in [3.05, 3.63) is 33.2 Å². The summed E-state index contributed by atoms with van der Waals surface area (Å²) in [7, 11) is 0. The van der Waals surface area contributed by atoms with E-state index in [1.165, 1.54) is 20.9 Å². The molecule has 1 atom stereocenters. The number of aliphatic imine (C=N–C) groups is 1. The van der Waals surface area contributed by atoms with Gasteiger partial charge in [-0.25, -0.2) is 0 Å². The molecule has 2 rings (SSSR count). The molecule has 74 valence electrons. The molecule has 1 N–H and O–H groups in total. The van der Waals surface area contributed by atoms with Gasteiger partial charge in [-0.2, -0.15) is 0 Å². The Morgan fingerprint density at radius 3 is 2.57 bits per heavy atom. The maximum absolute atomic E-state index is 4.42. The molecule has 3 heteroatoms. The minimum absolute atomic E-state index is 0.209. The highest BCUT2D eigenvalue weighted by atomic mass is 32.1. The first kappa shape index (κ1) is 9.46. The van der Waals surface area contributed by atoms with Crippen LogP contribution in [0.1, 0.15) is 26.9 Å². The molecule has 0 amide bonds.